The van der Waals surface area contributed by atoms with Crippen LogP contribution in [0.5, 0.6) is 0 Å². The van der Waals surface area contributed by atoms with Crippen molar-refractivity contribution in [3.05, 3.63) is 0 Å². The molecule has 22 heteroatoms. The van der Waals surface area contributed by atoms with Gasteiger partial charge in [-0.3, -0.25) is 18.5 Å². The number of carbonyl (C=O) groups is 1. The Kier molecular flexibility index (Phi) is 7.56. The molecular weight excluding hydrogens is 494 g/mol. The second-order valence-corrected chi connectivity index (χ2v) is 8.55. The van der Waals surface area contributed by atoms with Crippen molar-refractivity contribution in [2.24, 2.45) is 0 Å². The van der Waals surface area contributed by atoms with Gasteiger partial charge in [0.15, 0.2) is 12.4 Å². The Morgan fingerprint density at radius 3 is 1.77 bits per heavy atom. The molecule has 1 amide bonds. The van der Waals surface area contributed by atoms with Gasteiger partial charge in [-0.15, -0.1) is 0 Å². The number of hydrogen-bond acceptors (Lipinski definition) is 15. The summed E-state index contributed by atoms with van der Waals surface area (Å²) in [7, 11) is -17.6. The van der Waals surface area contributed by atoms with Crippen LogP contribution < -0.4 is 5.32 Å². The maximum atomic E-state index is 11.3. The van der Waals surface area contributed by atoms with Gasteiger partial charge in [0.05, 0.1) is 0 Å². The molecule has 19 nitrogen and oxygen atoms in total. The minimum atomic E-state index is -6.01. The van der Waals surface area contributed by atoms with Gasteiger partial charge in [-0.1, -0.05) is 0 Å². The summed E-state index contributed by atoms with van der Waals surface area (Å²) in [5, 5.41) is 42.1. The second-order valence-electron chi connectivity index (χ2n) is 5.45. The van der Waals surface area contributed by atoms with Crippen LogP contribution in [0.1, 0.15) is 6.92 Å². The van der Waals surface area contributed by atoms with Crippen LogP contribution in [0.2, 0.25) is 0 Å². The van der Waals surface area contributed by atoms with Crippen LogP contribution in [0.3, 0.4) is 0 Å². The van der Waals surface area contributed by atoms with Gasteiger partial charge in [0, 0.05) is 6.92 Å². The van der Waals surface area contributed by atoms with Crippen molar-refractivity contribution in [1.82, 2.24) is 5.32 Å². The van der Waals surface area contributed by atoms with Gasteiger partial charge in [0.2, 0.25) is 12.2 Å². The first-order valence-electron chi connectivity index (χ1n) is 6.86. The fourth-order valence-electron chi connectivity index (χ4n) is 2.30. The van der Waals surface area contributed by atoms with E-state index >= 15 is 0 Å². The van der Waals surface area contributed by atoms with Gasteiger partial charge >= 0.3 is 31.2 Å². The highest BCUT2D eigenvalue weighted by atomic mass is 32.3. The van der Waals surface area contributed by atoms with Gasteiger partial charge in [-0.2, -0.15) is 25.3 Å². The van der Waals surface area contributed by atoms with Crippen LogP contribution in [-0.4, -0.2) is 102 Å². The minimum absolute atomic E-state index is 0.672. The molecule has 0 radical (unpaired) electrons. The summed E-state index contributed by atoms with van der Waals surface area (Å²) in [6.45, 7) is 0.672. The lowest BCUT2D eigenvalue weighted by Crippen LogP contribution is -2.81. The third-order valence-corrected chi connectivity index (χ3v) is 4.56. The largest absolute Gasteiger partial charge is 0.400 e. The lowest BCUT2D eigenvalue weighted by Gasteiger charge is -2.52. The summed E-state index contributed by atoms with van der Waals surface area (Å²) in [6.07, 6.45) is -9.38. The molecule has 2 unspecified atom stereocenters. The zero-order valence-corrected chi connectivity index (χ0v) is 16.6. The maximum Gasteiger partial charge on any atom is 0.400 e. The molecular formula is C8H15NO18S3. The Morgan fingerprint density at radius 1 is 0.967 bits per heavy atom. The highest BCUT2D eigenvalue weighted by Crippen LogP contribution is 2.43. The normalized spacial score (nSPS) is 34.3. The molecule has 0 aromatic heterocycles. The molecule has 0 saturated carbocycles. The Bertz CT molecular complexity index is 973. The number of aliphatic hydroxyl groups is 4. The predicted molar refractivity (Wildman–Crippen MR) is 82.3 cm³/mol. The number of amides is 1. The van der Waals surface area contributed by atoms with Crippen molar-refractivity contribution in [2.75, 3.05) is 0 Å². The van der Waals surface area contributed by atoms with Crippen LogP contribution in [-0.2, 0) is 53.3 Å². The van der Waals surface area contributed by atoms with Gasteiger partial charge in [-0.25, -0.2) is 12.5 Å². The van der Waals surface area contributed by atoms with Gasteiger partial charge < -0.3 is 30.5 Å². The fraction of sp³-hybridized carbons (Fsp3) is 0.875. The highest BCUT2D eigenvalue weighted by molar-refractivity contribution is 7.81. The van der Waals surface area contributed by atoms with Gasteiger partial charge in [0.1, 0.15) is 6.04 Å². The molecule has 0 aromatic carbocycles. The van der Waals surface area contributed by atoms with Gasteiger partial charge in [0.25, 0.3) is 11.6 Å². The minimum Gasteiger partial charge on any atom is -0.366 e. The molecule has 30 heavy (non-hydrogen) atoms. The van der Waals surface area contributed by atoms with Crippen molar-refractivity contribution in [3.8, 4) is 0 Å². The van der Waals surface area contributed by atoms with E-state index in [1.807, 2.05) is 0 Å². The lowest BCUT2D eigenvalue weighted by molar-refractivity contribution is -0.444. The fourth-order valence-corrected chi connectivity index (χ4v) is 3.73. The van der Waals surface area contributed by atoms with E-state index in [0.717, 1.165) is 0 Å². The molecule has 0 bridgehead atoms. The average molecular weight is 509 g/mol. The molecule has 0 aliphatic carbocycles. The summed E-state index contributed by atoms with van der Waals surface area (Å²) in [4.78, 5) is 11.3. The quantitative estimate of drug-likeness (QED) is 0.112. The molecule has 1 saturated heterocycles. The monoisotopic (exact) mass is 509 g/mol. The molecule has 8 N–H and O–H groups in total. The summed E-state index contributed by atoms with van der Waals surface area (Å²) in [5.74, 6) is -10.2. The number of nitrogens with one attached hydrogen (secondary N) is 1. The molecule has 178 valence electrons. The van der Waals surface area contributed by atoms with Crippen LogP contribution in [0.15, 0.2) is 0 Å². The smallest absolute Gasteiger partial charge is 0.366 e. The summed E-state index contributed by atoms with van der Waals surface area (Å²) >= 11 is 0. The summed E-state index contributed by atoms with van der Waals surface area (Å²) in [5.41, 5.74) is 0. The lowest BCUT2D eigenvalue weighted by atomic mass is 9.88. The molecule has 1 aliphatic rings. The molecule has 1 fully saturated rings. The first-order valence-corrected chi connectivity index (χ1v) is 11.0. The standard InChI is InChI=1S/C8H15NO18S3/c1-2(10)9-3-5(11)24-4(6(12)25-28(15,16)17)8(14,27-30(21,22)23)7(3,13)26-29(18,19)20/h3-6,11-14H,1H3,(H,9,10)(H,15,16,17)(H,18,19,20)(H,21,22,23)/t3-,4+,5?,6?,7-,8-/m0/s1. The number of hydrogen-bond donors (Lipinski definition) is 8. The highest BCUT2D eigenvalue weighted by Gasteiger charge is 2.73. The Balaban J connectivity index is 3.80. The van der Waals surface area contributed by atoms with E-state index in [4.69, 9.17) is 13.7 Å². The topological polar surface area (TPSA) is 310 Å². The number of rotatable bonds is 8. The average Bonchev–Trinajstić information content (AvgIpc) is 2.42. The molecule has 1 aliphatic heterocycles. The van der Waals surface area contributed by atoms with E-state index in [0.29, 0.717) is 6.92 Å². The van der Waals surface area contributed by atoms with E-state index in [2.05, 4.69) is 17.3 Å². The first-order chi connectivity index (χ1) is 13.1. The summed E-state index contributed by atoms with van der Waals surface area (Å²) in [6, 6.07) is -2.78. The van der Waals surface area contributed by atoms with E-state index in [1.165, 1.54) is 5.32 Å². The van der Waals surface area contributed by atoms with Crippen molar-refractivity contribution >= 4 is 37.1 Å². The molecule has 1 rings (SSSR count). The van der Waals surface area contributed by atoms with E-state index in [-0.39, 0.29) is 0 Å². The van der Waals surface area contributed by atoms with Crippen LogP contribution >= 0.6 is 0 Å². The van der Waals surface area contributed by atoms with E-state index in [1.54, 1.807) is 0 Å². The van der Waals surface area contributed by atoms with Crippen LogP contribution in [0.4, 0.5) is 0 Å². The summed E-state index contributed by atoms with van der Waals surface area (Å²) < 4.78 is 108. The second kappa shape index (κ2) is 8.43. The number of carbonyl (C=O) groups excluding carboxylic acids is 1. The predicted octanol–water partition coefficient (Wildman–Crippen LogP) is -5.64. The van der Waals surface area contributed by atoms with Crippen molar-refractivity contribution in [3.63, 3.8) is 0 Å². The molecule has 6 atom stereocenters. The van der Waals surface area contributed by atoms with E-state index in [9.17, 15) is 50.5 Å². The van der Waals surface area contributed by atoms with Crippen molar-refractivity contribution < 1.29 is 81.4 Å². The number of aliphatic hydroxyl groups excluding tert-OH is 2. The van der Waals surface area contributed by atoms with Crippen molar-refractivity contribution in [1.29, 1.82) is 0 Å². The zero-order chi connectivity index (χ0) is 23.9. The third-order valence-electron chi connectivity index (χ3n) is 3.19. The van der Waals surface area contributed by atoms with E-state index < -0.39 is 73.4 Å². The van der Waals surface area contributed by atoms with Gasteiger partial charge in [-0.05, 0) is 0 Å². The molecule has 1 heterocycles. The SMILES string of the molecule is CC(=O)N[C@H]1C(O)O[C@H](C(O)OS(=O)(=O)O)[C@](O)(OS(=O)(=O)O)[C@@]1(O)OS(=O)(=O)O. The number of ether oxygens (including phenoxy) is 1. The molecule has 0 spiro atoms. The van der Waals surface area contributed by atoms with Crippen LogP contribution in [0.25, 0.3) is 0 Å². The zero-order valence-electron chi connectivity index (χ0n) is 14.2. The Morgan fingerprint density at radius 2 is 1.40 bits per heavy atom. The van der Waals surface area contributed by atoms with Crippen LogP contribution in [0, 0.1) is 0 Å². The maximum absolute atomic E-state index is 11.3. The Hall–Kier alpha value is -1.12. The third kappa shape index (κ3) is 6.44. The Labute approximate surface area is 167 Å². The van der Waals surface area contributed by atoms with Crippen molar-refractivity contribution in [2.45, 2.75) is 43.2 Å². The molecule has 0 aromatic rings. The first kappa shape index (κ1) is 26.9.